The third-order valence-electron chi connectivity index (χ3n) is 3.84. The molecule has 20 heavy (non-hydrogen) atoms. The third-order valence-corrected chi connectivity index (χ3v) is 3.84. The summed E-state index contributed by atoms with van der Waals surface area (Å²) in [4.78, 5) is 26.7. The van der Waals surface area contributed by atoms with Crippen molar-refractivity contribution >= 4 is 11.9 Å². The van der Waals surface area contributed by atoms with Gasteiger partial charge in [-0.1, -0.05) is 19.8 Å². The van der Waals surface area contributed by atoms with Gasteiger partial charge in [-0.3, -0.25) is 9.78 Å². The molecule has 0 aliphatic heterocycles. The molecule has 2 rings (SSSR count). The van der Waals surface area contributed by atoms with Crippen molar-refractivity contribution in [3.8, 4) is 0 Å². The molecule has 2 N–H and O–H groups in total. The minimum absolute atomic E-state index is 0.0878. The molecule has 1 amide bonds. The van der Waals surface area contributed by atoms with Crippen molar-refractivity contribution < 1.29 is 14.7 Å². The normalized spacial score (nSPS) is 22.9. The van der Waals surface area contributed by atoms with Gasteiger partial charge in [0.2, 0.25) is 0 Å². The summed E-state index contributed by atoms with van der Waals surface area (Å²) in [6, 6.07) is 3.06. The number of carbonyl (C=O) groups is 2. The summed E-state index contributed by atoms with van der Waals surface area (Å²) in [5, 5.41) is 11.8. The van der Waals surface area contributed by atoms with Gasteiger partial charge in [-0.15, -0.1) is 0 Å². The summed E-state index contributed by atoms with van der Waals surface area (Å²) in [6.45, 7) is 2.25. The van der Waals surface area contributed by atoms with E-state index in [4.69, 9.17) is 5.11 Å². The molecule has 1 aliphatic carbocycles. The van der Waals surface area contributed by atoms with Crippen molar-refractivity contribution in [2.75, 3.05) is 0 Å². The second kappa shape index (κ2) is 6.50. The van der Waals surface area contributed by atoms with Gasteiger partial charge < -0.3 is 10.4 Å². The van der Waals surface area contributed by atoms with Crippen molar-refractivity contribution in [3.05, 3.63) is 29.6 Å². The van der Waals surface area contributed by atoms with Crippen molar-refractivity contribution in [3.63, 3.8) is 0 Å². The minimum Gasteiger partial charge on any atom is -0.478 e. The maximum Gasteiger partial charge on any atom is 0.337 e. The molecule has 0 bridgehead atoms. The number of aromatic nitrogens is 1. The largest absolute Gasteiger partial charge is 0.478 e. The second-order valence-electron chi connectivity index (χ2n) is 5.52. The van der Waals surface area contributed by atoms with E-state index in [2.05, 4.69) is 17.2 Å². The van der Waals surface area contributed by atoms with E-state index in [1.54, 1.807) is 0 Å². The summed E-state index contributed by atoms with van der Waals surface area (Å²) in [6.07, 6.45) is 6.71. The Bertz CT molecular complexity index is 484. The van der Waals surface area contributed by atoms with Crippen LogP contribution in [-0.2, 0) is 0 Å². The fourth-order valence-electron chi connectivity index (χ4n) is 2.55. The van der Waals surface area contributed by atoms with Crippen LogP contribution in [0, 0.1) is 5.92 Å². The number of nitrogens with one attached hydrogen (secondary N) is 1. The van der Waals surface area contributed by atoms with E-state index in [9.17, 15) is 9.59 Å². The standard InChI is InChI=1S/C15H20N2O3/c1-10-3-2-4-12(7-5-10)17-14(18)13-8-6-11(9-16-13)15(19)20/h6,8-10,12H,2-5,7H2,1H3,(H,17,18)(H,19,20). The Morgan fingerprint density at radius 2 is 2.05 bits per heavy atom. The molecular formula is C15H20N2O3. The average Bonchev–Trinajstić information content (AvgIpc) is 2.64. The number of rotatable bonds is 3. The van der Waals surface area contributed by atoms with E-state index in [1.165, 1.54) is 24.8 Å². The predicted octanol–water partition coefficient (Wildman–Crippen LogP) is 2.48. The van der Waals surface area contributed by atoms with E-state index >= 15 is 0 Å². The van der Waals surface area contributed by atoms with Gasteiger partial charge in [0.05, 0.1) is 5.56 Å². The lowest BCUT2D eigenvalue weighted by atomic mass is 10.0. The van der Waals surface area contributed by atoms with Gasteiger partial charge in [-0.2, -0.15) is 0 Å². The SMILES string of the molecule is CC1CCCC(NC(=O)c2ccc(C(=O)O)cn2)CC1. The number of aromatic carboxylic acids is 1. The van der Waals surface area contributed by atoms with E-state index in [0.717, 1.165) is 31.6 Å². The molecule has 1 aromatic heterocycles. The first-order chi connectivity index (χ1) is 9.56. The first-order valence-electron chi connectivity index (χ1n) is 7.06. The number of hydrogen-bond acceptors (Lipinski definition) is 3. The van der Waals surface area contributed by atoms with E-state index < -0.39 is 5.97 Å². The Labute approximate surface area is 118 Å². The highest BCUT2D eigenvalue weighted by molar-refractivity contribution is 5.93. The Morgan fingerprint density at radius 3 is 2.70 bits per heavy atom. The zero-order valence-electron chi connectivity index (χ0n) is 11.6. The van der Waals surface area contributed by atoms with Gasteiger partial charge in [0, 0.05) is 12.2 Å². The van der Waals surface area contributed by atoms with E-state index in [-0.39, 0.29) is 23.2 Å². The summed E-state index contributed by atoms with van der Waals surface area (Å²) >= 11 is 0. The molecule has 1 aliphatic rings. The Kier molecular flexibility index (Phi) is 4.71. The highest BCUT2D eigenvalue weighted by Crippen LogP contribution is 2.22. The van der Waals surface area contributed by atoms with Gasteiger partial charge in [0.15, 0.2) is 0 Å². The van der Waals surface area contributed by atoms with Crippen LogP contribution < -0.4 is 5.32 Å². The minimum atomic E-state index is -1.04. The number of nitrogens with zero attached hydrogens (tertiary/aromatic N) is 1. The number of carbonyl (C=O) groups excluding carboxylic acids is 1. The quantitative estimate of drug-likeness (QED) is 0.831. The van der Waals surface area contributed by atoms with Crippen LogP contribution in [0.15, 0.2) is 18.3 Å². The lowest BCUT2D eigenvalue weighted by molar-refractivity contribution is 0.0695. The molecule has 0 radical (unpaired) electrons. The molecule has 1 saturated carbocycles. The van der Waals surface area contributed by atoms with Crippen molar-refractivity contribution in [1.29, 1.82) is 0 Å². The van der Waals surface area contributed by atoms with E-state index in [1.807, 2.05) is 0 Å². The fourth-order valence-corrected chi connectivity index (χ4v) is 2.55. The maximum absolute atomic E-state index is 12.1. The number of amides is 1. The summed E-state index contributed by atoms with van der Waals surface area (Å²) < 4.78 is 0. The van der Waals surface area contributed by atoms with Crippen LogP contribution in [0.4, 0.5) is 0 Å². The molecule has 1 aromatic rings. The molecule has 1 fully saturated rings. The zero-order valence-corrected chi connectivity index (χ0v) is 11.6. The molecule has 5 nitrogen and oxygen atoms in total. The molecular weight excluding hydrogens is 256 g/mol. The number of hydrogen-bond donors (Lipinski definition) is 2. The van der Waals surface area contributed by atoms with Crippen molar-refractivity contribution in [1.82, 2.24) is 10.3 Å². The Morgan fingerprint density at radius 1 is 1.25 bits per heavy atom. The third kappa shape index (κ3) is 3.79. The summed E-state index contributed by atoms with van der Waals surface area (Å²) in [5.41, 5.74) is 0.358. The maximum atomic E-state index is 12.1. The molecule has 0 spiro atoms. The van der Waals surface area contributed by atoms with E-state index in [0.29, 0.717) is 0 Å². The molecule has 1 heterocycles. The highest BCUT2D eigenvalue weighted by atomic mass is 16.4. The molecule has 0 saturated heterocycles. The van der Waals surface area contributed by atoms with Crippen LogP contribution >= 0.6 is 0 Å². The lowest BCUT2D eigenvalue weighted by Crippen LogP contribution is -2.34. The van der Waals surface area contributed by atoms with Crippen LogP contribution in [-0.4, -0.2) is 28.0 Å². The van der Waals surface area contributed by atoms with Crippen LogP contribution in [0.3, 0.4) is 0 Å². The average molecular weight is 276 g/mol. The summed E-state index contributed by atoms with van der Waals surface area (Å²) in [7, 11) is 0. The molecule has 2 atom stereocenters. The van der Waals surface area contributed by atoms with Gasteiger partial charge in [0.1, 0.15) is 5.69 Å². The lowest BCUT2D eigenvalue weighted by Gasteiger charge is -2.16. The van der Waals surface area contributed by atoms with Gasteiger partial charge in [-0.05, 0) is 37.3 Å². The van der Waals surface area contributed by atoms with Gasteiger partial charge >= 0.3 is 5.97 Å². The topological polar surface area (TPSA) is 79.3 Å². The van der Waals surface area contributed by atoms with Crippen molar-refractivity contribution in [2.24, 2.45) is 5.92 Å². The number of carboxylic acids is 1. The molecule has 108 valence electrons. The fraction of sp³-hybridized carbons (Fsp3) is 0.533. The molecule has 0 aromatic carbocycles. The highest BCUT2D eigenvalue weighted by Gasteiger charge is 2.19. The molecule has 2 unspecified atom stereocenters. The Balaban J connectivity index is 1.95. The number of carboxylic acid groups (broad SMARTS) is 1. The van der Waals surface area contributed by atoms with Crippen LogP contribution in [0.2, 0.25) is 0 Å². The smallest absolute Gasteiger partial charge is 0.337 e. The van der Waals surface area contributed by atoms with Gasteiger partial charge in [-0.25, -0.2) is 4.79 Å². The van der Waals surface area contributed by atoms with Crippen LogP contribution in [0.5, 0.6) is 0 Å². The summed E-state index contributed by atoms with van der Waals surface area (Å²) in [5.74, 6) is -0.534. The van der Waals surface area contributed by atoms with Crippen molar-refractivity contribution in [2.45, 2.75) is 45.1 Å². The monoisotopic (exact) mass is 276 g/mol. The number of pyridine rings is 1. The first kappa shape index (κ1) is 14.5. The van der Waals surface area contributed by atoms with Crippen LogP contribution in [0.1, 0.15) is 59.9 Å². The second-order valence-corrected chi connectivity index (χ2v) is 5.52. The predicted molar refractivity (Wildman–Crippen MR) is 74.7 cm³/mol. The van der Waals surface area contributed by atoms with Gasteiger partial charge in [0.25, 0.3) is 5.91 Å². The Hall–Kier alpha value is -1.91. The van der Waals surface area contributed by atoms with Crippen LogP contribution in [0.25, 0.3) is 0 Å². The first-order valence-corrected chi connectivity index (χ1v) is 7.06. The molecule has 5 heteroatoms. The zero-order chi connectivity index (χ0) is 14.5.